The van der Waals surface area contributed by atoms with Gasteiger partial charge in [0.1, 0.15) is 11.7 Å². The predicted octanol–water partition coefficient (Wildman–Crippen LogP) is 1.47. The van der Waals surface area contributed by atoms with Crippen molar-refractivity contribution < 1.29 is 9.13 Å². The van der Waals surface area contributed by atoms with Crippen molar-refractivity contribution in [1.82, 2.24) is 4.90 Å². The number of morpholine rings is 1. The van der Waals surface area contributed by atoms with Gasteiger partial charge in [0.05, 0.1) is 12.2 Å². The second-order valence-corrected chi connectivity index (χ2v) is 5.37. The predicted molar refractivity (Wildman–Crippen MR) is 70.6 cm³/mol. The molecular formula is C14H18FN3O. The summed E-state index contributed by atoms with van der Waals surface area (Å²) in [5.41, 5.74) is 6.94. The minimum absolute atomic E-state index is 0.0780. The van der Waals surface area contributed by atoms with Gasteiger partial charge >= 0.3 is 0 Å². The number of ether oxygens (including phenoxy) is 1. The molecule has 4 nitrogen and oxygen atoms in total. The van der Waals surface area contributed by atoms with Crippen LogP contribution >= 0.6 is 0 Å². The summed E-state index contributed by atoms with van der Waals surface area (Å²) in [6.45, 7) is 2.52. The van der Waals surface area contributed by atoms with Crippen LogP contribution in [-0.2, 0) is 11.3 Å². The molecule has 0 amide bonds. The molecule has 3 N–H and O–H groups in total. The van der Waals surface area contributed by atoms with Gasteiger partial charge in [-0.2, -0.15) is 0 Å². The highest BCUT2D eigenvalue weighted by atomic mass is 19.1. The molecule has 2 atom stereocenters. The van der Waals surface area contributed by atoms with Crippen LogP contribution < -0.4 is 5.73 Å². The van der Waals surface area contributed by atoms with E-state index in [1.165, 1.54) is 12.1 Å². The van der Waals surface area contributed by atoms with E-state index in [-0.39, 0.29) is 11.7 Å². The van der Waals surface area contributed by atoms with E-state index < -0.39 is 0 Å². The Labute approximate surface area is 111 Å². The molecule has 0 radical (unpaired) electrons. The molecule has 2 bridgehead atoms. The first-order valence-electron chi connectivity index (χ1n) is 6.62. The summed E-state index contributed by atoms with van der Waals surface area (Å²) in [4.78, 5) is 2.31. The Morgan fingerprint density at radius 1 is 1.37 bits per heavy atom. The van der Waals surface area contributed by atoms with Gasteiger partial charge in [-0.1, -0.05) is 6.07 Å². The van der Waals surface area contributed by atoms with Crippen molar-refractivity contribution in [2.75, 3.05) is 13.1 Å². The van der Waals surface area contributed by atoms with Crippen LogP contribution in [0.5, 0.6) is 0 Å². The molecular weight excluding hydrogens is 245 g/mol. The SMILES string of the molecule is N=C(N)c1cc(F)ccc1CN1CC2CCC(C1)O2. The lowest BCUT2D eigenvalue weighted by molar-refractivity contribution is -0.0410. The van der Waals surface area contributed by atoms with Gasteiger partial charge in [-0.05, 0) is 30.5 Å². The third-order valence-corrected chi connectivity index (χ3v) is 3.88. The molecule has 0 spiro atoms. The summed E-state index contributed by atoms with van der Waals surface area (Å²) < 4.78 is 19.0. The highest BCUT2D eigenvalue weighted by molar-refractivity contribution is 5.96. The largest absolute Gasteiger partial charge is 0.384 e. The molecule has 102 valence electrons. The van der Waals surface area contributed by atoms with Crippen LogP contribution in [0, 0.1) is 11.2 Å². The number of hydrogen-bond acceptors (Lipinski definition) is 3. The van der Waals surface area contributed by atoms with Crippen molar-refractivity contribution in [3.8, 4) is 0 Å². The van der Waals surface area contributed by atoms with Crippen molar-refractivity contribution in [3.05, 3.63) is 35.1 Å². The molecule has 0 saturated carbocycles. The van der Waals surface area contributed by atoms with Gasteiger partial charge in [-0.3, -0.25) is 10.3 Å². The number of hydrogen-bond donors (Lipinski definition) is 2. The lowest BCUT2D eigenvalue weighted by atomic mass is 10.1. The second kappa shape index (κ2) is 4.90. The zero-order valence-electron chi connectivity index (χ0n) is 10.7. The maximum absolute atomic E-state index is 13.2. The van der Waals surface area contributed by atoms with E-state index in [1.807, 2.05) is 0 Å². The van der Waals surface area contributed by atoms with Gasteiger partial charge in [0.25, 0.3) is 0 Å². The first kappa shape index (κ1) is 12.6. The normalized spacial score (nSPS) is 26.6. The van der Waals surface area contributed by atoms with E-state index >= 15 is 0 Å². The average molecular weight is 263 g/mol. The van der Waals surface area contributed by atoms with Crippen LogP contribution in [0.3, 0.4) is 0 Å². The number of nitrogens with two attached hydrogens (primary N) is 1. The molecule has 1 aromatic carbocycles. The summed E-state index contributed by atoms with van der Waals surface area (Å²) in [6.07, 6.45) is 2.92. The minimum atomic E-state index is -0.351. The molecule has 2 heterocycles. The van der Waals surface area contributed by atoms with E-state index in [2.05, 4.69) is 4.90 Å². The summed E-state index contributed by atoms with van der Waals surface area (Å²) in [5, 5.41) is 7.55. The lowest BCUT2D eigenvalue weighted by Gasteiger charge is -2.32. The van der Waals surface area contributed by atoms with Crippen molar-refractivity contribution >= 4 is 5.84 Å². The van der Waals surface area contributed by atoms with E-state index in [1.54, 1.807) is 6.07 Å². The smallest absolute Gasteiger partial charge is 0.123 e. The summed E-state index contributed by atoms with van der Waals surface area (Å²) >= 11 is 0. The summed E-state index contributed by atoms with van der Waals surface area (Å²) in [5.74, 6) is -0.429. The van der Waals surface area contributed by atoms with Crippen LogP contribution in [0.4, 0.5) is 4.39 Å². The number of benzene rings is 1. The number of fused-ring (bicyclic) bond motifs is 2. The monoisotopic (exact) mass is 263 g/mol. The lowest BCUT2D eigenvalue weighted by Crippen LogP contribution is -2.42. The third-order valence-electron chi connectivity index (χ3n) is 3.88. The molecule has 2 aliphatic heterocycles. The number of nitrogens with one attached hydrogen (secondary N) is 1. The van der Waals surface area contributed by atoms with Crippen molar-refractivity contribution in [3.63, 3.8) is 0 Å². The Bertz CT molecular complexity index is 493. The van der Waals surface area contributed by atoms with Crippen LogP contribution in [0.25, 0.3) is 0 Å². The number of amidine groups is 1. The Balaban J connectivity index is 1.78. The minimum Gasteiger partial charge on any atom is -0.384 e. The van der Waals surface area contributed by atoms with Crippen molar-refractivity contribution in [2.24, 2.45) is 5.73 Å². The zero-order valence-corrected chi connectivity index (χ0v) is 10.7. The van der Waals surface area contributed by atoms with E-state index in [0.717, 1.165) is 31.5 Å². The molecule has 2 aliphatic rings. The molecule has 0 aromatic heterocycles. The van der Waals surface area contributed by atoms with Gasteiger partial charge in [0.2, 0.25) is 0 Å². The Morgan fingerprint density at radius 3 is 2.68 bits per heavy atom. The molecule has 0 aliphatic carbocycles. The zero-order chi connectivity index (χ0) is 13.4. The fraction of sp³-hybridized carbons (Fsp3) is 0.500. The summed E-state index contributed by atoms with van der Waals surface area (Å²) in [7, 11) is 0. The quantitative estimate of drug-likeness (QED) is 0.641. The standard InChI is InChI=1S/C14H18FN3O/c15-10-2-1-9(13(5-10)14(16)17)6-18-7-11-3-4-12(8-18)19-11/h1-2,5,11-12H,3-4,6-8H2,(H3,16,17). The molecule has 1 aromatic rings. The van der Waals surface area contributed by atoms with Gasteiger partial charge < -0.3 is 10.5 Å². The number of nitrogen functional groups attached to an aromatic ring is 1. The first-order chi connectivity index (χ1) is 9.11. The molecule has 2 saturated heterocycles. The van der Waals surface area contributed by atoms with Crippen LogP contribution in [0.1, 0.15) is 24.0 Å². The van der Waals surface area contributed by atoms with Crippen molar-refractivity contribution in [1.29, 1.82) is 5.41 Å². The van der Waals surface area contributed by atoms with Crippen LogP contribution in [0.15, 0.2) is 18.2 Å². The van der Waals surface area contributed by atoms with Gasteiger partial charge in [-0.15, -0.1) is 0 Å². The highest BCUT2D eigenvalue weighted by Gasteiger charge is 2.33. The number of likely N-dealkylation sites (tertiary alicyclic amines) is 1. The molecule has 2 fully saturated rings. The Morgan fingerprint density at radius 2 is 2.05 bits per heavy atom. The van der Waals surface area contributed by atoms with Gasteiger partial charge in [0, 0.05) is 25.2 Å². The molecule has 2 unspecified atom stereocenters. The number of nitrogens with zero attached hydrogens (tertiary/aromatic N) is 1. The van der Waals surface area contributed by atoms with Crippen LogP contribution in [0.2, 0.25) is 0 Å². The fourth-order valence-electron chi connectivity index (χ4n) is 3.01. The van der Waals surface area contributed by atoms with Crippen LogP contribution in [-0.4, -0.2) is 36.0 Å². The molecule has 3 rings (SSSR count). The number of halogens is 1. The van der Waals surface area contributed by atoms with E-state index in [9.17, 15) is 4.39 Å². The second-order valence-electron chi connectivity index (χ2n) is 5.37. The summed E-state index contributed by atoms with van der Waals surface area (Å²) in [6, 6.07) is 4.49. The highest BCUT2D eigenvalue weighted by Crippen LogP contribution is 2.27. The maximum atomic E-state index is 13.2. The maximum Gasteiger partial charge on any atom is 0.123 e. The van der Waals surface area contributed by atoms with E-state index in [4.69, 9.17) is 15.9 Å². The number of rotatable bonds is 3. The topological polar surface area (TPSA) is 62.3 Å². The Kier molecular flexibility index (Phi) is 3.24. The first-order valence-corrected chi connectivity index (χ1v) is 6.62. The fourth-order valence-corrected chi connectivity index (χ4v) is 3.01. The molecule has 5 heteroatoms. The third kappa shape index (κ3) is 2.62. The molecule has 19 heavy (non-hydrogen) atoms. The average Bonchev–Trinajstić information content (AvgIpc) is 2.71. The van der Waals surface area contributed by atoms with Gasteiger partial charge in [0.15, 0.2) is 0 Å². The Hall–Kier alpha value is -1.46. The van der Waals surface area contributed by atoms with E-state index in [0.29, 0.717) is 24.3 Å². The van der Waals surface area contributed by atoms with Crippen molar-refractivity contribution in [2.45, 2.75) is 31.6 Å². The van der Waals surface area contributed by atoms with Gasteiger partial charge in [-0.25, -0.2) is 4.39 Å².